The Morgan fingerprint density at radius 2 is 2.22 bits per heavy atom. The molecule has 1 atom stereocenters. The largest absolute Gasteiger partial charge is 0.327 e. The highest BCUT2D eigenvalue weighted by molar-refractivity contribution is 7.99. The second kappa shape index (κ2) is 5.98. The normalized spacial score (nSPS) is 13.1. The van der Waals surface area contributed by atoms with E-state index in [0.29, 0.717) is 11.1 Å². The summed E-state index contributed by atoms with van der Waals surface area (Å²) in [4.78, 5) is 4.70. The van der Waals surface area contributed by atoms with E-state index in [0.717, 1.165) is 24.3 Å². The molecular formula is C14H19ClN2S. The molecule has 0 bridgehead atoms. The van der Waals surface area contributed by atoms with Gasteiger partial charge in [0.05, 0.1) is 11.0 Å². The van der Waals surface area contributed by atoms with Crippen LogP contribution in [-0.2, 0) is 13.0 Å². The summed E-state index contributed by atoms with van der Waals surface area (Å²) in [5, 5.41) is 0.581. The van der Waals surface area contributed by atoms with E-state index in [4.69, 9.17) is 16.6 Å². The smallest absolute Gasteiger partial charge is 0.111 e. The number of thioether (sulfide) groups is 1. The van der Waals surface area contributed by atoms with Gasteiger partial charge in [0.1, 0.15) is 5.82 Å². The van der Waals surface area contributed by atoms with Crippen LogP contribution in [0.25, 0.3) is 11.0 Å². The van der Waals surface area contributed by atoms with Crippen molar-refractivity contribution in [3.63, 3.8) is 0 Å². The van der Waals surface area contributed by atoms with Gasteiger partial charge >= 0.3 is 0 Å². The molecule has 18 heavy (non-hydrogen) atoms. The van der Waals surface area contributed by atoms with Gasteiger partial charge in [0, 0.05) is 24.1 Å². The lowest BCUT2D eigenvalue weighted by atomic mass is 10.2. The van der Waals surface area contributed by atoms with Crippen LogP contribution in [0.2, 0.25) is 0 Å². The third-order valence-electron chi connectivity index (χ3n) is 3.14. The topological polar surface area (TPSA) is 17.8 Å². The summed E-state index contributed by atoms with van der Waals surface area (Å²) in [5.41, 5.74) is 3.59. The molecule has 2 rings (SSSR count). The van der Waals surface area contributed by atoms with Gasteiger partial charge in [-0.05, 0) is 30.9 Å². The van der Waals surface area contributed by atoms with Crippen molar-refractivity contribution in [3.05, 3.63) is 29.6 Å². The van der Waals surface area contributed by atoms with Crippen LogP contribution in [0.3, 0.4) is 0 Å². The van der Waals surface area contributed by atoms with E-state index in [1.54, 1.807) is 0 Å². The van der Waals surface area contributed by atoms with Crippen molar-refractivity contribution < 1.29 is 0 Å². The van der Waals surface area contributed by atoms with E-state index >= 15 is 0 Å². The molecule has 1 unspecified atom stereocenters. The van der Waals surface area contributed by atoms with Crippen molar-refractivity contribution in [1.29, 1.82) is 0 Å². The summed E-state index contributed by atoms with van der Waals surface area (Å²) in [6.45, 7) is 5.36. The standard InChI is InChI=1S/C14H19ClN2S/c1-10-4-5-12-13(8-10)17(9-11(2)18-3)14(16-12)6-7-15/h4-5,8,11H,6-7,9H2,1-3H3. The summed E-state index contributed by atoms with van der Waals surface area (Å²) in [5.74, 6) is 1.72. The molecule has 1 heterocycles. The number of rotatable bonds is 5. The van der Waals surface area contributed by atoms with Crippen molar-refractivity contribution in [2.75, 3.05) is 12.1 Å². The lowest BCUT2D eigenvalue weighted by Crippen LogP contribution is -2.12. The lowest BCUT2D eigenvalue weighted by molar-refractivity contribution is 0.672. The number of aryl methyl sites for hydroxylation is 2. The summed E-state index contributed by atoms with van der Waals surface area (Å²) < 4.78 is 2.33. The summed E-state index contributed by atoms with van der Waals surface area (Å²) >= 11 is 7.76. The zero-order valence-electron chi connectivity index (χ0n) is 11.1. The zero-order chi connectivity index (χ0) is 13.1. The molecule has 0 saturated carbocycles. The monoisotopic (exact) mass is 282 g/mol. The summed E-state index contributed by atoms with van der Waals surface area (Å²) in [6, 6.07) is 6.43. The number of alkyl halides is 1. The molecule has 0 N–H and O–H groups in total. The maximum atomic E-state index is 5.88. The quantitative estimate of drug-likeness (QED) is 0.775. The molecule has 0 aliphatic rings. The molecule has 0 spiro atoms. The Labute approximate surface area is 118 Å². The molecule has 0 aliphatic carbocycles. The van der Waals surface area contributed by atoms with Crippen LogP contribution in [0.1, 0.15) is 18.3 Å². The first kappa shape index (κ1) is 13.8. The first-order chi connectivity index (χ1) is 8.65. The number of aromatic nitrogens is 2. The molecule has 98 valence electrons. The maximum absolute atomic E-state index is 5.88. The van der Waals surface area contributed by atoms with E-state index in [1.807, 2.05) is 11.8 Å². The van der Waals surface area contributed by atoms with Gasteiger partial charge in [-0.2, -0.15) is 11.8 Å². The number of nitrogens with zero attached hydrogens (tertiary/aromatic N) is 2. The number of fused-ring (bicyclic) bond motifs is 1. The van der Waals surface area contributed by atoms with E-state index in [-0.39, 0.29) is 0 Å². The number of imidazole rings is 1. The third kappa shape index (κ3) is 2.83. The van der Waals surface area contributed by atoms with Crippen molar-refractivity contribution >= 4 is 34.4 Å². The van der Waals surface area contributed by atoms with Gasteiger partial charge in [-0.15, -0.1) is 11.6 Å². The molecule has 4 heteroatoms. The summed E-state index contributed by atoms with van der Waals surface area (Å²) in [6.07, 6.45) is 2.98. The van der Waals surface area contributed by atoms with Gasteiger partial charge in [0.25, 0.3) is 0 Å². The predicted octanol–water partition coefficient (Wildman–Crippen LogP) is 3.88. The fraction of sp³-hybridized carbons (Fsp3) is 0.500. The van der Waals surface area contributed by atoms with Crippen molar-refractivity contribution in [2.24, 2.45) is 0 Å². The van der Waals surface area contributed by atoms with Gasteiger partial charge in [-0.1, -0.05) is 13.0 Å². The van der Waals surface area contributed by atoms with Crippen molar-refractivity contribution in [1.82, 2.24) is 9.55 Å². The van der Waals surface area contributed by atoms with E-state index in [9.17, 15) is 0 Å². The number of benzene rings is 1. The fourth-order valence-electron chi connectivity index (χ4n) is 2.09. The molecule has 0 aliphatic heterocycles. The highest BCUT2D eigenvalue weighted by atomic mass is 35.5. The summed E-state index contributed by atoms with van der Waals surface area (Å²) in [7, 11) is 0. The maximum Gasteiger partial charge on any atom is 0.111 e. The minimum Gasteiger partial charge on any atom is -0.327 e. The van der Waals surface area contributed by atoms with Crippen LogP contribution in [-0.4, -0.2) is 26.9 Å². The van der Waals surface area contributed by atoms with E-state index in [2.05, 4.69) is 42.9 Å². The minimum atomic E-state index is 0.581. The van der Waals surface area contributed by atoms with Gasteiger partial charge in [0.15, 0.2) is 0 Å². The van der Waals surface area contributed by atoms with Crippen LogP contribution in [0.15, 0.2) is 18.2 Å². The van der Waals surface area contributed by atoms with E-state index < -0.39 is 0 Å². The molecule has 2 nitrogen and oxygen atoms in total. The van der Waals surface area contributed by atoms with Crippen LogP contribution in [0, 0.1) is 6.92 Å². The molecular weight excluding hydrogens is 264 g/mol. The highest BCUT2D eigenvalue weighted by Gasteiger charge is 2.12. The Morgan fingerprint density at radius 3 is 2.89 bits per heavy atom. The van der Waals surface area contributed by atoms with Gasteiger partial charge in [-0.25, -0.2) is 4.98 Å². The third-order valence-corrected chi connectivity index (χ3v) is 4.29. The molecule has 1 aromatic heterocycles. The second-order valence-corrected chi connectivity index (χ2v) is 6.27. The average Bonchev–Trinajstić information content (AvgIpc) is 2.68. The Morgan fingerprint density at radius 1 is 1.44 bits per heavy atom. The highest BCUT2D eigenvalue weighted by Crippen LogP contribution is 2.21. The first-order valence-corrected chi connectivity index (χ1v) is 8.02. The molecule has 0 radical (unpaired) electrons. The van der Waals surface area contributed by atoms with Crippen LogP contribution < -0.4 is 0 Å². The number of hydrogen-bond acceptors (Lipinski definition) is 2. The van der Waals surface area contributed by atoms with E-state index in [1.165, 1.54) is 11.1 Å². The van der Waals surface area contributed by atoms with Crippen LogP contribution in [0.5, 0.6) is 0 Å². The average molecular weight is 283 g/mol. The first-order valence-electron chi connectivity index (χ1n) is 6.20. The molecule has 2 aromatic rings. The van der Waals surface area contributed by atoms with Crippen molar-refractivity contribution in [3.8, 4) is 0 Å². The zero-order valence-corrected chi connectivity index (χ0v) is 12.7. The Kier molecular flexibility index (Phi) is 4.57. The van der Waals surface area contributed by atoms with Crippen LogP contribution >= 0.6 is 23.4 Å². The molecule has 0 saturated heterocycles. The molecule has 0 fully saturated rings. The van der Waals surface area contributed by atoms with Crippen LogP contribution in [0.4, 0.5) is 0 Å². The van der Waals surface area contributed by atoms with Crippen molar-refractivity contribution in [2.45, 2.75) is 32.1 Å². The predicted molar refractivity (Wildman–Crippen MR) is 81.9 cm³/mol. The molecule has 0 amide bonds. The number of hydrogen-bond donors (Lipinski definition) is 0. The SMILES string of the molecule is CSC(C)Cn1c(CCCl)nc2ccc(C)cc21. The van der Waals surface area contributed by atoms with Gasteiger partial charge in [0.2, 0.25) is 0 Å². The number of halogens is 1. The molecule has 1 aromatic carbocycles. The second-order valence-electron chi connectivity index (χ2n) is 4.62. The fourth-order valence-corrected chi connectivity index (χ4v) is 2.56. The lowest BCUT2D eigenvalue weighted by Gasteiger charge is -2.13. The Bertz CT molecular complexity index is 536. The minimum absolute atomic E-state index is 0.581. The Balaban J connectivity index is 2.49. The van der Waals surface area contributed by atoms with Gasteiger partial charge < -0.3 is 4.57 Å². The Hall–Kier alpha value is -0.670. The van der Waals surface area contributed by atoms with Gasteiger partial charge in [-0.3, -0.25) is 0 Å².